The van der Waals surface area contributed by atoms with E-state index in [0.29, 0.717) is 6.54 Å². The molecule has 2 heterocycles. The topological polar surface area (TPSA) is 45.3 Å². The van der Waals surface area contributed by atoms with Crippen molar-refractivity contribution in [3.8, 4) is 11.5 Å². The summed E-state index contributed by atoms with van der Waals surface area (Å²) in [6.07, 6.45) is 7.77. The summed E-state index contributed by atoms with van der Waals surface area (Å²) in [5, 5.41) is 0. The van der Waals surface area contributed by atoms with E-state index in [1.54, 1.807) is 14.2 Å². The molecule has 1 saturated carbocycles. The highest BCUT2D eigenvalue weighted by atomic mass is 16.5. The number of carbonyl (C=O) groups excluding carboxylic acids is 1. The Bertz CT molecular complexity index is 710. The zero-order valence-corrected chi connectivity index (χ0v) is 18.0. The van der Waals surface area contributed by atoms with Crippen LogP contribution in [0.2, 0.25) is 0 Å². The molecule has 160 valence electrons. The minimum atomic E-state index is 0.275. The molecule has 2 fully saturated rings. The van der Waals surface area contributed by atoms with Crippen LogP contribution in [0.1, 0.15) is 43.2 Å². The Morgan fingerprint density at radius 3 is 2.24 bits per heavy atom. The maximum Gasteiger partial charge on any atom is 0.236 e. The Balaban J connectivity index is 1.29. The van der Waals surface area contributed by atoms with Crippen LogP contribution in [0.3, 0.4) is 0 Å². The van der Waals surface area contributed by atoms with E-state index in [2.05, 4.69) is 26.8 Å². The molecule has 29 heavy (non-hydrogen) atoms. The van der Waals surface area contributed by atoms with E-state index in [1.807, 2.05) is 0 Å². The fraction of sp³-hybridized carbons (Fsp3) is 0.696. The number of hydrogen-bond acceptors (Lipinski definition) is 5. The molecular weight excluding hydrogens is 366 g/mol. The fourth-order valence-corrected chi connectivity index (χ4v) is 5.15. The van der Waals surface area contributed by atoms with Crippen LogP contribution < -0.4 is 9.47 Å². The second-order valence-corrected chi connectivity index (χ2v) is 8.65. The number of amides is 1. The highest BCUT2D eigenvalue weighted by Gasteiger charge is 2.28. The highest BCUT2D eigenvalue weighted by molar-refractivity contribution is 5.78. The van der Waals surface area contributed by atoms with Crippen LogP contribution in [-0.2, 0) is 17.8 Å². The van der Waals surface area contributed by atoms with Crippen molar-refractivity contribution in [2.45, 2.75) is 51.1 Å². The molecular formula is C23H35N3O3. The molecule has 3 aliphatic rings. The van der Waals surface area contributed by atoms with Crippen molar-refractivity contribution in [1.29, 1.82) is 0 Å². The van der Waals surface area contributed by atoms with Crippen LogP contribution >= 0.6 is 0 Å². The van der Waals surface area contributed by atoms with Gasteiger partial charge in [0, 0.05) is 45.3 Å². The van der Waals surface area contributed by atoms with Gasteiger partial charge in [-0.3, -0.25) is 14.6 Å². The first-order chi connectivity index (χ1) is 14.2. The summed E-state index contributed by atoms with van der Waals surface area (Å²) >= 11 is 0. The highest BCUT2D eigenvalue weighted by Crippen LogP contribution is 2.33. The molecule has 0 aromatic heterocycles. The third kappa shape index (κ3) is 4.69. The summed E-state index contributed by atoms with van der Waals surface area (Å²) in [7, 11) is 3.34. The first-order valence-corrected chi connectivity index (χ1v) is 11.2. The van der Waals surface area contributed by atoms with Gasteiger partial charge in [-0.2, -0.15) is 0 Å². The molecule has 0 radical (unpaired) electrons. The van der Waals surface area contributed by atoms with Gasteiger partial charge in [0.1, 0.15) is 0 Å². The standard InChI is InChI=1S/C23H35N3O3/c1-28-21-14-18-8-9-24(16-19(18)15-22(21)29-2)17-23(27)26-12-10-25(11-13-26)20-6-4-3-5-7-20/h14-15,20H,3-13,16-17H2,1-2H3. The van der Waals surface area contributed by atoms with E-state index in [1.165, 1.54) is 43.2 Å². The lowest BCUT2D eigenvalue weighted by atomic mass is 9.94. The minimum absolute atomic E-state index is 0.275. The second-order valence-electron chi connectivity index (χ2n) is 8.65. The summed E-state index contributed by atoms with van der Waals surface area (Å²) in [6.45, 7) is 6.05. The number of fused-ring (bicyclic) bond motifs is 1. The number of piperazine rings is 1. The predicted octanol–water partition coefficient (Wildman–Crippen LogP) is 2.54. The van der Waals surface area contributed by atoms with Gasteiger partial charge in [0.2, 0.25) is 5.91 Å². The fourth-order valence-electron chi connectivity index (χ4n) is 5.15. The van der Waals surface area contributed by atoms with Crippen molar-refractivity contribution < 1.29 is 14.3 Å². The molecule has 0 atom stereocenters. The first kappa shape index (κ1) is 20.5. The summed E-state index contributed by atoms with van der Waals surface area (Å²) in [4.78, 5) is 19.9. The Labute approximate surface area is 174 Å². The first-order valence-electron chi connectivity index (χ1n) is 11.2. The lowest BCUT2D eigenvalue weighted by Gasteiger charge is -2.41. The maximum absolute atomic E-state index is 12.9. The van der Waals surface area contributed by atoms with E-state index in [0.717, 1.165) is 63.2 Å². The SMILES string of the molecule is COc1cc2c(cc1OC)CN(CC(=O)N1CCN(C3CCCCC3)CC1)CC2. The van der Waals surface area contributed by atoms with Gasteiger partial charge < -0.3 is 14.4 Å². The quantitative estimate of drug-likeness (QED) is 0.759. The van der Waals surface area contributed by atoms with E-state index >= 15 is 0 Å². The maximum atomic E-state index is 12.9. The van der Waals surface area contributed by atoms with Crippen LogP contribution in [0.25, 0.3) is 0 Å². The zero-order chi connectivity index (χ0) is 20.2. The van der Waals surface area contributed by atoms with Crippen molar-refractivity contribution in [1.82, 2.24) is 14.7 Å². The van der Waals surface area contributed by atoms with E-state index in [4.69, 9.17) is 9.47 Å². The van der Waals surface area contributed by atoms with Crippen molar-refractivity contribution in [3.63, 3.8) is 0 Å². The average molecular weight is 402 g/mol. The zero-order valence-electron chi connectivity index (χ0n) is 18.0. The van der Waals surface area contributed by atoms with E-state index < -0.39 is 0 Å². The summed E-state index contributed by atoms with van der Waals surface area (Å²) in [5.41, 5.74) is 2.54. The minimum Gasteiger partial charge on any atom is -0.493 e. The summed E-state index contributed by atoms with van der Waals surface area (Å²) in [6, 6.07) is 4.90. The molecule has 2 aliphatic heterocycles. The molecule has 1 saturated heterocycles. The van der Waals surface area contributed by atoms with Gasteiger partial charge in [0.25, 0.3) is 0 Å². The normalized spacial score (nSPS) is 21.7. The molecule has 6 heteroatoms. The van der Waals surface area contributed by atoms with E-state index in [-0.39, 0.29) is 5.91 Å². The smallest absolute Gasteiger partial charge is 0.236 e. The Morgan fingerprint density at radius 1 is 0.931 bits per heavy atom. The molecule has 6 nitrogen and oxygen atoms in total. The van der Waals surface area contributed by atoms with Crippen molar-refractivity contribution in [3.05, 3.63) is 23.3 Å². The van der Waals surface area contributed by atoms with Crippen molar-refractivity contribution in [2.24, 2.45) is 0 Å². The molecule has 1 amide bonds. The summed E-state index contributed by atoms with van der Waals surface area (Å²) < 4.78 is 10.9. The van der Waals surface area contributed by atoms with Crippen molar-refractivity contribution >= 4 is 5.91 Å². The number of rotatable bonds is 5. The van der Waals surface area contributed by atoms with Gasteiger partial charge in [0.15, 0.2) is 11.5 Å². The monoisotopic (exact) mass is 401 g/mol. The van der Waals surface area contributed by atoms with Gasteiger partial charge in [-0.25, -0.2) is 0 Å². The molecule has 0 bridgehead atoms. The van der Waals surface area contributed by atoms with Crippen LogP contribution in [0.15, 0.2) is 12.1 Å². The lowest BCUT2D eigenvalue weighted by molar-refractivity contribution is -0.134. The van der Waals surface area contributed by atoms with Crippen molar-refractivity contribution in [2.75, 3.05) is 53.5 Å². The Morgan fingerprint density at radius 2 is 1.59 bits per heavy atom. The average Bonchev–Trinajstić information content (AvgIpc) is 2.78. The Hall–Kier alpha value is -1.79. The number of ether oxygens (including phenoxy) is 2. The molecule has 0 unspecified atom stereocenters. The number of carbonyl (C=O) groups is 1. The number of benzene rings is 1. The van der Waals surface area contributed by atoms with E-state index in [9.17, 15) is 4.79 Å². The Kier molecular flexibility index (Phi) is 6.60. The third-order valence-corrected chi connectivity index (χ3v) is 6.91. The van der Waals surface area contributed by atoms with Crippen LogP contribution in [0.4, 0.5) is 0 Å². The molecule has 0 spiro atoms. The molecule has 4 rings (SSSR count). The number of hydrogen-bond donors (Lipinski definition) is 0. The molecule has 1 aliphatic carbocycles. The van der Waals surface area contributed by atoms with Gasteiger partial charge >= 0.3 is 0 Å². The van der Waals surface area contributed by atoms with Gasteiger partial charge in [-0.15, -0.1) is 0 Å². The third-order valence-electron chi connectivity index (χ3n) is 6.91. The number of nitrogens with zero attached hydrogens (tertiary/aromatic N) is 3. The molecule has 1 aromatic carbocycles. The lowest BCUT2D eigenvalue weighted by Crippen LogP contribution is -2.54. The van der Waals surface area contributed by atoms with Gasteiger partial charge in [-0.1, -0.05) is 19.3 Å². The summed E-state index contributed by atoms with van der Waals surface area (Å²) in [5.74, 6) is 1.82. The van der Waals surface area contributed by atoms with Crippen LogP contribution in [0, 0.1) is 0 Å². The largest absolute Gasteiger partial charge is 0.493 e. The number of methoxy groups -OCH3 is 2. The molecule has 0 N–H and O–H groups in total. The molecule has 1 aromatic rings. The van der Waals surface area contributed by atoms with Crippen LogP contribution in [0.5, 0.6) is 11.5 Å². The van der Waals surface area contributed by atoms with Gasteiger partial charge in [-0.05, 0) is 42.5 Å². The predicted molar refractivity (Wildman–Crippen MR) is 114 cm³/mol. The van der Waals surface area contributed by atoms with Gasteiger partial charge in [0.05, 0.1) is 20.8 Å². The second kappa shape index (κ2) is 9.35. The van der Waals surface area contributed by atoms with Crippen LogP contribution in [-0.4, -0.2) is 80.1 Å².